The van der Waals surface area contributed by atoms with Crippen LogP contribution >= 0.6 is 0 Å². The van der Waals surface area contributed by atoms with Gasteiger partial charge in [-0.3, -0.25) is 0 Å². The van der Waals surface area contributed by atoms with Gasteiger partial charge >= 0.3 is 0 Å². The first-order valence-corrected chi connectivity index (χ1v) is 7.81. The number of benzene rings is 1. The number of nitrogens with zero attached hydrogens (tertiary/aromatic N) is 1. The number of halogens is 1. The molecule has 3 unspecified atom stereocenters. The fourth-order valence-electron chi connectivity index (χ4n) is 3.05. The molecule has 1 aliphatic rings. The van der Waals surface area contributed by atoms with Crippen LogP contribution in [0.5, 0.6) is 0 Å². The van der Waals surface area contributed by atoms with E-state index in [1.807, 2.05) is 6.07 Å². The van der Waals surface area contributed by atoms with Gasteiger partial charge in [-0.25, -0.2) is 4.39 Å². The second-order valence-electron chi connectivity index (χ2n) is 6.33. The van der Waals surface area contributed by atoms with Gasteiger partial charge in [0.25, 0.3) is 0 Å². The molecule has 0 saturated carbocycles. The number of anilines is 1. The van der Waals surface area contributed by atoms with E-state index in [0.717, 1.165) is 24.9 Å². The molecule has 2 N–H and O–H groups in total. The number of nitrogens with two attached hydrogens (primary N) is 1. The maximum Gasteiger partial charge on any atom is 0.123 e. The van der Waals surface area contributed by atoms with E-state index in [1.54, 1.807) is 12.1 Å². The zero-order chi connectivity index (χ0) is 14.7. The number of rotatable bonds is 4. The van der Waals surface area contributed by atoms with Crippen molar-refractivity contribution in [3.8, 4) is 0 Å². The molecule has 3 heteroatoms. The topological polar surface area (TPSA) is 29.3 Å². The fraction of sp³-hybridized carbons (Fsp3) is 0.647. The summed E-state index contributed by atoms with van der Waals surface area (Å²) in [5.74, 6) is 0.536. The van der Waals surface area contributed by atoms with Gasteiger partial charge in [0.1, 0.15) is 5.82 Å². The number of hydrogen-bond donors (Lipinski definition) is 1. The Balaban J connectivity index is 2.29. The standard InChI is InChI=1S/C17H27FN2/c1-4-16(19)10-14-9-15(18)7-8-17(14)20-11-12(2)5-6-13(20)3/h7-9,12-13,16H,4-6,10-11,19H2,1-3H3. The van der Waals surface area contributed by atoms with Gasteiger partial charge in [0.05, 0.1) is 0 Å². The van der Waals surface area contributed by atoms with Crippen molar-refractivity contribution in [1.82, 2.24) is 0 Å². The lowest BCUT2D eigenvalue weighted by Crippen LogP contribution is -2.41. The highest BCUT2D eigenvalue weighted by Gasteiger charge is 2.25. The van der Waals surface area contributed by atoms with Crippen LogP contribution in [0.2, 0.25) is 0 Å². The molecule has 2 rings (SSSR count). The molecule has 0 bridgehead atoms. The van der Waals surface area contributed by atoms with E-state index >= 15 is 0 Å². The predicted molar refractivity (Wildman–Crippen MR) is 83.6 cm³/mol. The van der Waals surface area contributed by atoms with E-state index in [2.05, 4.69) is 25.7 Å². The number of hydrogen-bond acceptors (Lipinski definition) is 2. The lowest BCUT2D eigenvalue weighted by molar-refractivity contribution is 0.389. The van der Waals surface area contributed by atoms with Gasteiger partial charge in [-0.1, -0.05) is 13.8 Å². The van der Waals surface area contributed by atoms with Crippen LogP contribution in [0.3, 0.4) is 0 Å². The summed E-state index contributed by atoms with van der Waals surface area (Å²) in [5, 5.41) is 0. The van der Waals surface area contributed by atoms with Crippen molar-refractivity contribution in [2.24, 2.45) is 11.7 Å². The smallest absolute Gasteiger partial charge is 0.123 e. The van der Waals surface area contributed by atoms with Gasteiger partial charge < -0.3 is 10.6 Å². The first-order valence-electron chi connectivity index (χ1n) is 7.81. The van der Waals surface area contributed by atoms with Crippen LogP contribution in [0, 0.1) is 11.7 Å². The quantitative estimate of drug-likeness (QED) is 0.909. The molecule has 0 amide bonds. The average Bonchev–Trinajstić information content (AvgIpc) is 2.42. The van der Waals surface area contributed by atoms with Crippen LogP contribution in [0.15, 0.2) is 18.2 Å². The fourth-order valence-corrected chi connectivity index (χ4v) is 3.05. The molecule has 1 fully saturated rings. The van der Waals surface area contributed by atoms with Crippen LogP contribution in [-0.2, 0) is 6.42 Å². The van der Waals surface area contributed by atoms with Crippen LogP contribution in [-0.4, -0.2) is 18.6 Å². The summed E-state index contributed by atoms with van der Waals surface area (Å²) in [6.45, 7) is 7.69. The Labute approximate surface area is 122 Å². The molecule has 3 atom stereocenters. The van der Waals surface area contributed by atoms with Crippen LogP contribution in [0.1, 0.15) is 45.6 Å². The number of piperidine rings is 1. The average molecular weight is 278 g/mol. The molecule has 112 valence electrons. The van der Waals surface area contributed by atoms with Crippen molar-refractivity contribution in [3.05, 3.63) is 29.6 Å². The molecule has 2 nitrogen and oxygen atoms in total. The van der Waals surface area contributed by atoms with Gasteiger partial charge in [0.15, 0.2) is 0 Å². The third-order valence-corrected chi connectivity index (χ3v) is 4.48. The molecule has 0 radical (unpaired) electrons. The summed E-state index contributed by atoms with van der Waals surface area (Å²) >= 11 is 0. The maximum absolute atomic E-state index is 13.6. The van der Waals surface area contributed by atoms with E-state index < -0.39 is 0 Å². The molecule has 1 heterocycles. The Kier molecular flexibility index (Phi) is 5.03. The summed E-state index contributed by atoms with van der Waals surface area (Å²) < 4.78 is 13.6. The maximum atomic E-state index is 13.6. The monoisotopic (exact) mass is 278 g/mol. The van der Waals surface area contributed by atoms with Crippen LogP contribution < -0.4 is 10.6 Å². The van der Waals surface area contributed by atoms with Crippen molar-refractivity contribution in [2.75, 3.05) is 11.4 Å². The summed E-state index contributed by atoms with van der Waals surface area (Å²) in [6, 6.07) is 5.79. The third kappa shape index (κ3) is 3.51. The first-order chi connectivity index (χ1) is 9.51. The summed E-state index contributed by atoms with van der Waals surface area (Å²) in [4.78, 5) is 2.44. The van der Waals surface area contributed by atoms with E-state index in [0.29, 0.717) is 12.0 Å². The van der Waals surface area contributed by atoms with Gasteiger partial charge in [-0.2, -0.15) is 0 Å². The Morgan fingerprint density at radius 2 is 2.10 bits per heavy atom. The minimum Gasteiger partial charge on any atom is -0.368 e. The molecule has 1 aromatic carbocycles. The largest absolute Gasteiger partial charge is 0.368 e. The molecule has 1 aromatic rings. The van der Waals surface area contributed by atoms with Gasteiger partial charge in [0, 0.05) is 24.3 Å². The second-order valence-corrected chi connectivity index (χ2v) is 6.33. The highest BCUT2D eigenvalue weighted by Crippen LogP contribution is 2.31. The van der Waals surface area contributed by atoms with Gasteiger partial charge in [0.2, 0.25) is 0 Å². The zero-order valence-corrected chi connectivity index (χ0v) is 12.9. The molecule has 0 spiro atoms. The van der Waals surface area contributed by atoms with Gasteiger partial charge in [-0.05, 0) is 62.3 Å². The Hall–Kier alpha value is -1.09. The van der Waals surface area contributed by atoms with Gasteiger partial charge in [-0.15, -0.1) is 0 Å². The highest BCUT2D eigenvalue weighted by molar-refractivity contribution is 5.55. The Morgan fingerprint density at radius 1 is 1.35 bits per heavy atom. The van der Waals surface area contributed by atoms with Crippen molar-refractivity contribution < 1.29 is 4.39 Å². The van der Waals surface area contributed by atoms with E-state index in [9.17, 15) is 4.39 Å². The van der Waals surface area contributed by atoms with Crippen molar-refractivity contribution >= 4 is 5.69 Å². The molecular weight excluding hydrogens is 251 g/mol. The highest BCUT2D eigenvalue weighted by atomic mass is 19.1. The molecular formula is C17H27FN2. The predicted octanol–water partition coefficient (Wildman–Crippen LogP) is 3.73. The summed E-state index contributed by atoms with van der Waals surface area (Å²) in [7, 11) is 0. The van der Waals surface area contributed by atoms with E-state index in [1.165, 1.54) is 18.5 Å². The second kappa shape index (κ2) is 6.57. The third-order valence-electron chi connectivity index (χ3n) is 4.48. The first kappa shape index (κ1) is 15.3. The van der Waals surface area contributed by atoms with E-state index in [4.69, 9.17) is 5.73 Å². The molecule has 0 aromatic heterocycles. The van der Waals surface area contributed by atoms with Crippen molar-refractivity contribution in [3.63, 3.8) is 0 Å². The zero-order valence-electron chi connectivity index (χ0n) is 12.9. The Morgan fingerprint density at radius 3 is 2.80 bits per heavy atom. The normalized spacial score (nSPS) is 24.8. The summed E-state index contributed by atoms with van der Waals surface area (Å²) in [6.07, 6.45) is 4.16. The van der Waals surface area contributed by atoms with Crippen molar-refractivity contribution in [1.29, 1.82) is 0 Å². The Bertz CT molecular complexity index is 447. The lowest BCUT2D eigenvalue weighted by Gasteiger charge is -2.40. The summed E-state index contributed by atoms with van der Waals surface area (Å²) in [5.41, 5.74) is 8.31. The molecule has 1 aliphatic heterocycles. The molecule has 1 saturated heterocycles. The minimum absolute atomic E-state index is 0.105. The molecule has 0 aliphatic carbocycles. The van der Waals surface area contributed by atoms with E-state index in [-0.39, 0.29) is 11.9 Å². The SMILES string of the molecule is CCC(N)Cc1cc(F)ccc1N1CC(C)CCC1C. The van der Waals surface area contributed by atoms with Crippen LogP contribution in [0.4, 0.5) is 10.1 Å². The molecule has 20 heavy (non-hydrogen) atoms. The van der Waals surface area contributed by atoms with Crippen molar-refractivity contribution in [2.45, 2.75) is 58.5 Å². The van der Waals surface area contributed by atoms with Crippen LogP contribution in [0.25, 0.3) is 0 Å². The lowest BCUT2D eigenvalue weighted by atomic mass is 9.92. The minimum atomic E-state index is -0.162.